The summed E-state index contributed by atoms with van der Waals surface area (Å²) < 4.78 is 0. The van der Waals surface area contributed by atoms with Crippen LogP contribution >= 0.6 is 0 Å². The van der Waals surface area contributed by atoms with Crippen LogP contribution in [0.5, 0.6) is 0 Å². The Hall–Kier alpha value is -2.56. The number of nitrogens with zero attached hydrogens (tertiary/aromatic N) is 4. The number of pyridine rings is 1. The molecule has 5 nitrogen and oxygen atoms in total. The maximum absolute atomic E-state index is 4.50. The lowest BCUT2D eigenvalue weighted by atomic mass is 9.83. The second kappa shape index (κ2) is 4.23. The molecule has 2 aromatic heterocycles. The highest BCUT2D eigenvalue weighted by atomic mass is 15.5. The van der Waals surface area contributed by atoms with E-state index in [0.717, 1.165) is 24.1 Å². The Morgan fingerprint density at radius 2 is 1.90 bits per heavy atom. The Balaban J connectivity index is 2.08. The number of hydrogen-bond acceptors (Lipinski definition) is 4. The fourth-order valence-corrected chi connectivity index (χ4v) is 2.94. The largest absolute Gasteiger partial charge is 0.261 e. The van der Waals surface area contributed by atoms with Crippen molar-refractivity contribution in [2.75, 3.05) is 0 Å². The lowest BCUT2D eigenvalue weighted by Crippen LogP contribution is -2.08. The number of tetrazole rings is 1. The molecule has 1 N–H and O–H groups in total. The molecule has 0 fully saturated rings. The van der Waals surface area contributed by atoms with Crippen molar-refractivity contribution in [1.29, 1.82) is 0 Å². The Labute approximate surface area is 116 Å². The van der Waals surface area contributed by atoms with E-state index in [2.05, 4.69) is 49.9 Å². The molecule has 0 radical (unpaired) electrons. The van der Waals surface area contributed by atoms with Gasteiger partial charge in [0.05, 0.1) is 5.56 Å². The number of aryl methyl sites for hydroxylation is 3. The van der Waals surface area contributed by atoms with E-state index in [9.17, 15) is 0 Å². The number of fused-ring (bicyclic) bond motifs is 3. The monoisotopic (exact) mass is 263 g/mol. The van der Waals surface area contributed by atoms with Crippen LogP contribution in [0.3, 0.4) is 0 Å². The van der Waals surface area contributed by atoms with Crippen molar-refractivity contribution >= 4 is 0 Å². The van der Waals surface area contributed by atoms with Gasteiger partial charge in [-0.2, -0.15) is 5.21 Å². The van der Waals surface area contributed by atoms with Crippen LogP contribution in [0.1, 0.15) is 16.8 Å². The molecule has 98 valence electrons. The number of H-pyrrole nitrogens is 1. The lowest BCUT2D eigenvalue weighted by molar-refractivity contribution is 0.881. The number of benzene rings is 1. The van der Waals surface area contributed by atoms with E-state index < -0.39 is 0 Å². The zero-order chi connectivity index (χ0) is 13.5. The van der Waals surface area contributed by atoms with E-state index in [0.29, 0.717) is 5.82 Å². The second-order valence-corrected chi connectivity index (χ2v) is 5.01. The van der Waals surface area contributed by atoms with Crippen molar-refractivity contribution in [3.8, 4) is 22.5 Å². The van der Waals surface area contributed by atoms with E-state index in [4.69, 9.17) is 0 Å². The predicted molar refractivity (Wildman–Crippen MR) is 75.0 cm³/mol. The molecule has 1 aromatic carbocycles. The maximum Gasteiger partial charge on any atom is 0.207 e. The summed E-state index contributed by atoms with van der Waals surface area (Å²) in [6.45, 7) is 1.99. The molecule has 0 aliphatic heterocycles. The molecule has 1 aliphatic rings. The summed E-state index contributed by atoms with van der Waals surface area (Å²) in [7, 11) is 0. The Bertz CT molecular complexity index is 777. The van der Waals surface area contributed by atoms with Crippen LogP contribution in [-0.4, -0.2) is 25.6 Å². The van der Waals surface area contributed by atoms with Gasteiger partial charge in [-0.3, -0.25) is 4.98 Å². The van der Waals surface area contributed by atoms with E-state index in [1.807, 2.05) is 13.1 Å². The first kappa shape index (κ1) is 11.3. The van der Waals surface area contributed by atoms with Gasteiger partial charge in [0.15, 0.2) is 0 Å². The van der Waals surface area contributed by atoms with Crippen molar-refractivity contribution in [2.45, 2.75) is 19.8 Å². The van der Waals surface area contributed by atoms with Gasteiger partial charge in [-0.05, 0) is 47.2 Å². The predicted octanol–water partition coefficient (Wildman–Crippen LogP) is 2.34. The van der Waals surface area contributed by atoms with Crippen LogP contribution < -0.4 is 0 Å². The fourth-order valence-electron chi connectivity index (χ4n) is 2.94. The zero-order valence-corrected chi connectivity index (χ0v) is 11.1. The highest BCUT2D eigenvalue weighted by Gasteiger charge is 2.23. The fraction of sp³-hybridized carbons (Fsp3) is 0.200. The number of aromatic nitrogens is 5. The van der Waals surface area contributed by atoms with Crippen LogP contribution in [0.15, 0.2) is 30.5 Å². The van der Waals surface area contributed by atoms with Gasteiger partial charge in [-0.15, -0.1) is 10.2 Å². The molecule has 4 rings (SSSR count). The third-order valence-electron chi connectivity index (χ3n) is 3.87. The van der Waals surface area contributed by atoms with Gasteiger partial charge in [-0.25, -0.2) is 0 Å². The van der Waals surface area contributed by atoms with Crippen molar-refractivity contribution < 1.29 is 0 Å². The van der Waals surface area contributed by atoms with Gasteiger partial charge < -0.3 is 0 Å². The molecule has 0 spiro atoms. The Kier molecular flexibility index (Phi) is 2.39. The second-order valence-electron chi connectivity index (χ2n) is 5.01. The molecule has 0 saturated carbocycles. The summed E-state index contributed by atoms with van der Waals surface area (Å²) >= 11 is 0. The maximum atomic E-state index is 4.50. The Morgan fingerprint density at radius 1 is 1.05 bits per heavy atom. The molecule has 0 saturated heterocycles. The molecule has 20 heavy (non-hydrogen) atoms. The molecule has 0 unspecified atom stereocenters. The van der Waals surface area contributed by atoms with Crippen molar-refractivity contribution in [3.05, 3.63) is 47.3 Å². The van der Waals surface area contributed by atoms with E-state index in [1.54, 1.807) is 0 Å². The molecular weight excluding hydrogens is 250 g/mol. The van der Waals surface area contributed by atoms with Crippen LogP contribution in [0, 0.1) is 6.92 Å². The molecule has 2 heterocycles. The van der Waals surface area contributed by atoms with Crippen LogP contribution in [-0.2, 0) is 12.8 Å². The highest BCUT2D eigenvalue weighted by Crippen LogP contribution is 2.40. The Morgan fingerprint density at radius 3 is 2.75 bits per heavy atom. The van der Waals surface area contributed by atoms with E-state index in [-0.39, 0.29) is 0 Å². The molecule has 5 heteroatoms. The first-order valence-electron chi connectivity index (χ1n) is 6.65. The quantitative estimate of drug-likeness (QED) is 0.731. The highest BCUT2D eigenvalue weighted by molar-refractivity contribution is 5.86. The third-order valence-corrected chi connectivity index (χ3v) is 3.87. The normalized spacial score (nSPS) is 12.8. The summed E-state index contributed by atoms with van der Waals surface area (Å²) in [4.78, 5) is 4.50. The molecule has 3 aromatic rings. The van der Waals surface area contributed by atoms with E-state index in [1.165, 1.54) is 22.3 Å². The summed E-state index contributed by atoms with van der Waals surface area (Å²) in [5.74, 6) is 0.614. The summed E-state index contributed by atoms with van der Waals surface area (Å²) in [5.41, 5.74) is 7.02. The first-order valence-corrected chi connectivity index (χ1v) is 6.65. The summed E-state index contributed by atoms with van der Waals surface area (Å²) in [5, 5.41) is 14.5. The molecule has 0 amide bonds. The van der Waals surface area contributed by atoms with Crippen LogP contribution in [0.25, 0.3) is 22.5 Å². The lowest BCUT2D eigenvalue weighted by Gasteiger charge is -2.22. The van der Waals surface area contributed by atoms with Gasteiger partial charge >= 0.3 is 0 Å². The minimum absolute atomic E-state index is 0.614. The van der Waals surface area contributed by atoms with Crippen LogP contribution in [0.2, 0.25) is 0 Å². The summed E-state index contributed by atoms with van der Waals surface area (Å²) in [6, 6.07) is 8.51. The topological polar surface area (TPSA) is 67.3 Å². The smallest absolute Gasteiger partial charge is 0.207 e. The van der Waals surface area contributed by atoms with Gasteiger partial charge in [0.1, 0.15) is 0 Å². The number of hydrogen-bond donors (Lipinski definition) is 1. The zero-order valence-electron chi connectivity index (χ0n) is 11.1. The minimum atomic E-state index is 0.614. The van der Waals surface area contributed by atoms with Crippen molar-refractivity contribution in [1.82, 2.24) is 25.6 Å². The average molecular weight is 263 g/mol. The third kappa shape index (κ3) is 1.56. The molecule has 0 atom stereocenters. The number of aromatic amines is 1. The number of rotatable bonds is 1. The van der Waals surface area contributed by atoms with Crippen LogP contribution in [0.4, 0.5) is 0 Å². The average Bonchev–Trinajstić information content (AvgIpc) is 3.01. The number of nitrogens with one attached hydrogen (secondary N) is 1. The molecule has 0 bridgehead atoms. The minimum Gasteiger partial charge on any atom is -0.261 e. The SMILES string of the molecule is Cc1ncc2c(c1-c1nn[nH]n1)-c1ccccc1CC2. The van der Waals surface area contributed by atoms with Crippen molar-refractivity contribution in [3.63, 3.8) is 0 Å². The standard InChI is InChI=1S/C15H13N5/c1-9-13(15-17-19-20-18-15)14-11(8-16-9)7-6-10-4-2-3-5-12(10)14/h2-5,8H,6-7H2,1H3,(H,17,18,19,20). The van der Waals surface area contributed by atoms with Crippen molar-refractivity contribution in [2.24, 2.45) is 0 Å². The summed E-state index contributed by atoms with van der Waals surface area (Å²) in [6.07, 6.45) is 4.04. The molecule has 1 aliphatic carbocycles. The van der Waals surface area contributed by atoms with Gasteiger partial charge in [-0.1, -0.05) is 24.3 Å². The van der Waals surface area contributed by atoms with Gasteiger partial charge in [0.25, 0.3) is 0 Å². The van der Waals surface area contributed by atoms with E-state index >= 15 is 0 Å². The van der Waals surface area contributed by atoms with Gasteiger partial charge in [0.2, 0.25) is 5.82 Å². The first-order chi connectivity index (χ1) is 9.84. The van der Waals surface area contributed by atoms with Gasteiger partial charge in [0, 0.05) is 11.9 Å². The molecular formula is C15H13N5.